The van der Waals surface area contributed by atoms with E-state index in [0.717, 1.165) is 19.2 Å². The van der Waals surface area contributed by atoms with Crippen LogP contribution in [0.3, 0.4) is 0 Å². The van der Waals surface area contributed by atoms with Crippen LogP contribution in [0.1, 0.15) is 16.0 Å². The number of rotatable bonds is 4. The van der Waals surface area contributed by atoms with Gasteiger partial charge in [0, 0.05) is 13.6 Å². The first-order valence-electron chi connectivity index (χ1n) is 5.99. The standard InChI is InChI=1S/C15H12Br2ClIO2/c1-20-12-6-4-9(15(21-2)14(12)18)13(17)10-7-8(16)3-5-11(10)19/h3-7,13H,1-2H3. The third-order valence-corrected chi connectivity index (χ3v) is 5.84. The number of hydrogen-bond donors (Lipinski definition) is 0. The maximum absolute atomic E-state index is 6.33. The van der Waals surface area contributed by atoms with Gasteiger partial charge in [-0.2, -0.15) is 0 Å². The Hall–Kier alpha value is 0.0200. The van der Waals surface area contributed by atoms with Crippen molar-refractivity contribution in [3.05, 3.63) is 54.5 Å². The van der Waals surface area contributed by atoms with Crippen LogP contribution in [0.25, 0.3) is 0 Å². The molecule has 0 heterocycles. The quantitative estimate of drug-likeness (QED) is 0.336. The minimum Gasteiger partial charge on any atom is -0.495 e. The molecule has 21 heavy (non-hydrogen) atoms. The van der Waals surface area contributed by atoms with Crippen LogP contribution in [0.5, 0.6) is 11.5 Å². The second kappa shape index (κ2) is 7.53. The molecular formula is C15H12Br2ClIO2. The molecular weight excluding hydrogens is 534 g/mol. The minimum atomic E-state index is -0.0275. The fourth-order valence-electron chi connectivity index (χ4n) is 1.99. The van der Waals surface area contributed by atoms with E-state index in [1.54, 1.807) is 14.2 Å². The molecule has 2 nitrogen and oxygen atoms in total. The molecule has 1 unspecified atom stereocenters. The van der Waals surface area contributed by atoms with Crippen molar-refractivity contribution >= 4 is 66.1 Å². The number of alkyl halides is 1. The molecule has 0 saturated carbocycles. The van der Waals surface area contributed by atoms with Crippen LogP contribution in [0.15, 0.2) is 34.8 Å². The number of halogens is 4. The Labute approximate surface area is 159 Å². The molecule has 0 saturated heterocycles. The molecule has 112 valence electrons. The number of methoxy groups -OCH3 is 2. The molecule has 2 aromatic rings. The second-order valence-corrected chi connectivity index (χ2v) is 7.60. The Kier molecular flexibility index (Phi) is 6.23. The van der Waals surface area contributed by atoms with E-state index >= 15 is 0 Å². The second-order valence-electron chi connectivity index (χ2n) is 4.23. The zero-order chi connectivity index (χ0) is 15.6. The SMILES string of the molecule is COc1ccc(C(Br)c2cc(Br)ccc2I)c(OC)c1Cl. The summed E-state index contributed by atoms with van der Waals surface area (Å²) in [5, 5.41) is 0.479. The Morgan fingerprint density at radius 2 is 1.81 bits per heavy atom. The first kappa shape index (κ1) is 17.4. The number of ether oxygens (including phenoxy) is 2. The van der Waals surface area contributed by atoms with Crippen LogP contribution in [0.4, 0.5) is 0 Å². The van der Waals surface area contributed by atoms with Crippen LogP contribution >= 0.6 is 66.1 Å². The molecule has 1 atom stereocenters. The summed E-state index contributed by atoms with van der Waals surface area (Å²) >= 11 is 15.9. The predicted molar refractivity (Wildman–Crippen MR) is 102 cm³/mol. The van der Waals surface area contributed by atoms with Crippen molar-refractivity contribution in [3.8, 4) is 11.5 Å². The van der Waals surface area contributed by atoms with Gasteiger partial charge in [-0.1, -0.05) is 49.5 Å². The fraction of sp³-hybridized carbons (Fsp3) is 0.200. The molecule has 0 radical (unpaired) electrons. The van der Waals surface area contributed by atoms with Gasteiger partial charge in [0.25, 0.3) is 0 Å². The van der Waals surface area contributed by atoms with Crippen molar-refractivity contribution in [1.29, 1.82) is 0 Å². The van der Waals surface area contributed by atoms with E-state index in [1.807, 2.05) is 18.2 Å². The Morgan fingerprint density at radius 1 is 1.10 bits per heavy atom. The smallest absolute Gasteiger partial charge is 0.145 e. The monoisotopic (exact) mass is 544 g/mol. The molecule has 0 aliphatic heterocycles. The predicted octanol–water partition coefficient (Wildman–Crippen LogP) is 6.21. The van der Waals surface area contributed by atoms with Crippen LogP contribution in [-0.4, -0.2) is 14.2 Å². The van der Waals surface area contributed by atoms with Gasteiger partial charge in [-0.15, -0.1) is 0 Å². The van der Waals surface area contributed by atoms with Gasteiger partial charge in [-0.3, -0.25) is 0 Å². The summed E-state index contributed by atoms with van der Waals surface area (Å²) in [4.78, 5) is -0.0275. The van der Waals surface area contributed by atoms with Crippen molar-refractivity contribution in [1.82, 2.24) is 0 Å². The fourth-order valence-corrected chi connectivity index (χ4v) is 4.51. The average Bonchev–Trinajstić information content (AvgIpc) is 2.48. The molecule has 0 aromatic heterocycles. The lowest BCUT2D eigenvalue weighted by Gasteiger charge is -2.18. The van der Waals surface area contributed by atoms with Gasteiger partial charge in [-0.05, 0) is 52.4 Å². The summed E-state index contributed by atoms with van der Waals surface area (Å²) in [6.07, 6.45) is 0. The van der Waals surface area contributed by atoms with Crippen LogP contribution < -0.4 is 9.47 Å². The largest absolute Gasteiger partial charge is 0.495 e. The summed E-state index contributed by atoms with van der Waals surface area (Å²) in [5.41, 5.74) is 2.10. The van der Waals surface area contributed by atoms with Crippen LogP contribution in [0, 0.1) is 3.57 Å². The van der Waals surface area contributed by atoms with Gasteiger partial charge in [0.05, 0.1) is 19.0 Å². The normalized spacial score (nSPS) is 12.1. The van der Waals surface area contributed by atoms with Gasteiger partial charge < -0.3 is 9.47 Å². The van der Waals surface area contributed by atoms with E-state index in [2.05, 4.69) is 66.6 Å². The number of benzene rings is 2. The average molecular weight is 546 g/mol. The molecule has 0 spiro atoms. The summed E-state index contributed by atoms with van der Waals surface area (Å²) < 4.78 is 12.9. The summed E-state index contributed by atoms with van der Waals surface area (Å²) in [6.45, 7) is 0. The molecule has 0 aliphatic rings. The van der Waals surface area contributed by atoms with Crippen molar-refractivity contribution in [2.75, 3.05) is 14.2 Å². The maximum Gasteiger partial charge on any atom is 0.145 e. The molecule has 2 rings (SSSR count). The molecule has 0 N–H and O–H groups in total. The Bertz CT molecular complexity index is 664. The first-order chi connectivity index (χ1) is 9.99. The molecule has 0 bridgehead atoms. The summed E-state index contributed by atoms with van der Waals surface area (Å²) in [7, 11) is 3.19. The zero-order valence-electron chi connectivity index (χ0n) is 11.3. The molecule has 0 amide bonds. The highest BCUT2D eigenvalue weighted by molar-refractivity contribution is 14.1. The highest BCUT2D eigenvalue weighted by Crippen LogP contribution is 2.45. The van der Waals surface area contributed by atoms with Gasteiger partial charge in [0.1, 0.15) is 16.5 Å². The van der Waals surface area contributed by atoms with Crippen LogP contribution in [0.2, 0.25) is 5.02 Å². The Morgan fingerprint density at radius 3 is 2.43 bits per heavy atom. The molecule has 0 aliphatic carbocycles. The molecule has 0 fully saturated rings. The van der Waals surface area contributed by atoms with Gasteiger partial charge in [0.15, 0.2) is 0 Å². The first-order valence-corrected chi connectivity index (χ1v) is 9.15. The van der Waals surface area contributed by atoms with Crippen LogP contribution in [-0.2, 0) is 0 Å². The van der Waals surface area contributed by atoms with Crippen molar-refractivity contribution < 1.29 is 9.47 Å². The lowest BCUT2D eigenvalue weighted by Crippen LogP contribution is -2.01. The summed E-state index contributed by atoms with van der Waals surface area (Å²) in [5.74, 6) is 1.22. The molecule has 6 heteroatoms. The van der Waals surface area contributed by atoms with E-state index in [4.69, 9.17) is 21.1 Å². The van der Waals surface area contributed by atoms with E-state index in [1.165, 1.54) is 0 Å². The Balaban J connectivity index is 2.55. The zero-order valence-corrected chi connectivity index (χ0v) is 17.4. The summed E-state index contributed by atoms with van der Waals surface area (Å²) in [6, 6.07) is 9.97. The third-order valence-electron chi connectivity index (χ3n) is 3.02. The number of hydrogen-bond acceptors (Lipinski definition) is 2. The highest BCUT2D eigenvalue weighted by atomic mass is 127. The van der Waals surface area contributed by atoms with Gasteiger partial charge in [-0.25, -0.2) is 0 Å². The van der Waals surface area contributed by atoms with Crippen molar-refractivity contribution in [2.24, 2.45) is 0 Å². The van der Waals surface area contributed by atoms with E-state index < -0.39 is 0 Å². The van der Waals surface area contributed by atoms with Gasteiger partial charge in [0.2, 0.25) is 0 Å². The third kappa shape index (κ3) is 3.68. The minimum absolute atomic E-state index is 0.0275. The topological polar surface area (TPSA) is 18.5 Å². The van der Waals surface area contributed by atoms with Crippen molar-refractivity contribution in [2.45, 2.75) is 4.83 Å². The lowest BCUT2D eigenvalue weighted by atomic mass is 10.0. The molecule has 2 aromatic carbocycles. The maximum atomic E-state index is 6.33. The lowest BCUT2D eigenvalue weighted by molar-refractivity contribution is 0.392. The van der Waals surface area contributed by atoms with E-state index in [9.17, 15) is 0 Å². The highest BCUT2D eigenvalue weighted by Gasteiger charge is 2.21. The van der Waals surface area contributed by atoms with E-state index in [-0.39, 0.29) is 4.83 Å². The van der Waals surface area contributed by atoms with Crippen molar-refractivity contribution in [3.63, 3.8) is 0 Å². The van der Waals surface area contributed by atoms with Gasteiger partial charge >= 0.3 is 0 Å². The van der Waals surface area contributed by atoms with E-state index in [0.29, 0.717) is 16.5 Å².